The van der Waals surface area contributed by atoms with Crippen molar-refractivity contribution in [3.05, 3.63) is 40.0 Å². The third-order valence-corrected chi connectivity index (χ3v) is 10.6. The van der Waals surface area contributed by atoms with Crippen LogP contribution in [0.2, 0.25) is 0 Å². The van der Waals surface area contributed by atoms with Crippen molar-refractivity contribution in [1.29, 1.82) is 0 Å². The van der Waals surface area contributed by atoms with Crippen LogP contribution in [0.25, 0.3) is 0 Å². The summed E-state index contributed by atoms with van der Waals surface area (Å²) in [5, 5.41) is 0. The van der Waals surface area contributed by atoms with Crippen LogP contribution in [0.4, 0.5) is 0 Å². The Balaban J connectivity index is 2.51. The van der Waals surface area contributed by atoms with Gasteiger partial charge in [-0.1, -0.05) is 0 Å². The van der Waals surface area contributed by atoms with E-state index in [1.165, 1.54) is 25.7 Å². The molecule has 0 nitrogen and oxygen atoms in total. The van der Waals surface area contributed by atoms with Gasteiger partial charge in [0.05, 0.1) is 0 Å². The van der Waals surface area contributed by atoms with Crippen molar-refractivity contribution >= 4 is 0 Å². The van der Waals surface area contributed by atoms with E-state index in [0.717, 1.165) is 11.8 Å². The van der Waals surface area contributed by atoms with Crippen LogP contribution in [-0.4, -0.2) is 0 Å². The third-order valence-electron chi connectivity index (χ3n) is 7.01. The first-order valence-corrected chi connectivity index (χ1v) is 14.2. The maximum atomic E-state index is 2.51. The molecule has 2 rings (SSSR count). The molecule has 0 N–H and O–H groups in total. The minimum atomic E-state index is -0.765. The van der Waals surface area contributed by atoms with E-state index in [2.05, 4.69) is 83.1 Å². The molecule has 0 fully saturated rings. The van der Waals surface area contributed by atoms with Gasteiger partial charge in [-0.05, 0) is 0 Å². The standard InChI is InChI=1S/2C14H23.Zr/c2*1-10(2)9-14(5,6)13-8-7-11(3)12(13)4;/h2*10H,7,9H2,1-6H3;. The Morgan fingerprint density at radius 2 is 0.966 bits per heavy atom. The summed E-state index contributed by atoms with van der Waals surface area (Å²) in [5.74, 6) is 1.49. The molecule has 0 aliphatic heterocycles. The number of hydrogen-bond donors (Lipinski definition) is 0. The van der Waals surface area contributed by atoms with E-state index >= 15 is 0 Å². The van der Waals surface area contributed by atoms with E-state index in [1.807, 2.05) is 6.56 Å². The van der Waals surface area contributed by atoms with Gasteiger partial charge in [-0.3, -0.25) is 0 Å². The molecular weight excluding hydrogens is 428 g/mol. The summed E-state index contributed by atoms with van der Waals surface area (Å²) in [7, 11) is 0. The molecule has 2 aliphatic carbocycles. The molecule has 162 valence electrons. The van der Waals surface area contributed by atoms with Gasteiger partial charge in [-0.15, -0.1) is 0 Å². The fourth-order valence-electron chi connectivity index (χ4n) is 6.32. The molecule has 0 atom stereocenters. The zero-order valence-electron chi connectivity index (χ0n) is 21.5. The molecule has 1 heteroatoms. The summed E-state index contributed by atoms with van der Waals surface area (Å²) in [4.78, 5) is 0. The molecule has 2 aliphatic rings. The number of rotatable bonds is 8. The first kappa shape index (κ1) is 25.1. The summed E-state index contributed by atoms with van der Waals surface area (Å²) >= 11 is -0.765. The van der Waals surface area contributed by atoms with E-state index in [1.54, 1.807) is 33.4 Å². The molecule has 0 saturated heterocycles. The van der Waals surface area contributed by atoms with E-state index in [4.69, 9.17) is 0 Å². The first-order valence-electron chi connectivity index (χ1n) is 11.7. The topological polar surface area (TPSA) is 0 Å². The molecule has 0 aromatic heterocycles. The maximum absolute atomic E-state index is 2.51. The van der Waals surface area contributed by atoms with Gasteiger partial charge in [0.1, 0.15) is 0 Å². The fraction of sp³-hybridized carbons (Fsp3) is 0.714. The second-order valence-corrected chi connectivity index (χ2v) is 15.5. The molecule has 0 unspecified atom stereocenters. The fourth-order valence-corrected chi connectivity index (χ4v) is 12.2. The van der Waals surface area contributed by atoms with Gasteiger partial charge >= 0.3 is 195 Å². The average molecular weight is 474 g/mol. The third kappa shape index (κ3) is 5.56. The molecule has 0 aromatic rings. The molecule has 0 saturated carbocycles. The number of hydrogen-bond acceptors (Lipinski definition) is 0. The van der Waals surface area contributed by atoms with Crippen LogP contribution in [0.5, 0.6) is 0 Å². The first-order chi connectivity index (χ1) is 13.2. The molecular formula is C28H46Zr. The van der Waals surface area contributed by atoms with Gasteiger partial charge in [0, 0.05) is 0 Å². The van der Waals surface area contributed by atoms with Gasteiger partial charge in [0.25, 0.3) is 0 Å². The Morgan fingerprint density at radius 1 is 0.655 bits per heavy atom. The van der Waals surface area contributed by atoms with Crippen LogP contribution in [-0.2, 0) is 23.2 Å². The van der Waals surface area contributed by atoms with Crippen LogP contribution >= 0.6 is 0 Å². The van der Waals surface area contributed by atoms with Gasteiger partial charge in [-0.25, -0.2) is 0 Å². The molecule has 0 radical (unpaired) electrons. The molecule has 0 aromatic carbocycles. The van der Waals surface area contributed by atoms with Gasteiger partial charge in [0.15, 0.2) is 0 Å². The zero-order valence-corrected chi connectivity index (χ0v) is 23.9. The zero-order chi connectivity index (χ0) is 22.3. The van der Waals surface area contributed by atoms with Gasteiger partial charge in [0.2, 0.25) is 0 Å². The summed E-state index contributed by atoms with van der Waals surface area (Å²) in [5.41, 5.74) is 10.6. The Kier molecular flexibility index (Phi) is 7.92. The Hall–Kier alpha value is -0.157. The van der Waals surface area contributed by atoms with E-state index in [9.17, 15) is 0 Å². The summed E-state index contributed by atoms with van der Waals surface area (Å²) < 4.78 is 3.76. The van der Waals surface area contributed by atoms with Crippen molar-refractivity contribution in [3.8, 4) is 0 Å². The van der Waals surface area contributed by atoms with Crippen LogP contribution in [0.1, 0.15) is 109 Å². The van der Waals surface area contributed by atoms with Crippen molar-refractivity contribution in [2.45, 2.75) is 109 Å². The van der Waals surface area contributed by atoms with E-state index in [-0.39, 0.29) is 0 Å². The van der Waals surface area contributed by atoms with Crippen molar-refractivity contribution < 1.29 is 23.2 Å². The van der Waals surface area contributed by atoms with Gasteiger partial charge < -0.3 is 0 Å². The van der Waals surface area contributed by atoms with Crippen LogP contribution in [0.15, 0.2) is 40.0 Å². The minimum absolute atomic E-state index is 0.302. The Bertz CT molecular complexity index is 709. The number of allylic oxidation sites excluding steroid dienone is 8. The van der Waals surface area contributed by atoms with Gasteiger partial charge in [-0.2, -0.15) is 0 Å². The summed E-state index contributed by atoms with van der Waals surface area (Å²) in [6.07, 6.45) is 5.09. The van der Waals surface area contributed by atoms with Crippen LogP contribution < -0.4 is 0 Å². The SMILES string of the molecule is CC1=C(C)C(C(C)(C)CC(C)C)=[C]([Zr][C]2=C(C(C)(C)CC(C)C)C(C)=C(C)C2)C1. The second-order valence-electron chi connectivity index (χ2n) is 12.0. The van der Waals surface area contributed by atoms with E-state index in [0.29, 0.717) is 10.8 Å². The quantitative estimate of drug-likeness (QED) is 0.329. The van der Waals surface area contributed by atoms with Crippen molar-refractivity contribution in [1.82, 2.24) is 0 Å². The van der Waals surface area contributed by atoms with Crippen molar-refractivity contribution in [2.24, 2.45) is 22.7 Å². The second kappa shape index (κ2) is 9.14. The monoisotopic (exact) mass is 472 g/mol. The van der Waals surface area contributed by atoms with Crippen molar-refractivity contribution in [3.63, 3.8) is 0 Å². The average Bonchev–Trinajstić information content (AvgIpc) is 2.94. The molecule has 0 heterocycles. The summed E-state index contributed by atoms with van der Waals surface area (Å²) in [6, 6.07) is 0. The molecule has 29 heavy (non-hydrogen) atoms. The van der Waals surface area contributed by atoms with Crippen LogP contribution in [0.3, 0.4) is 0 Å². The van der Waals surface area contributed by atoms with Crippen LogP contribution in [0, 0.1) is 22.7 Å². The normalized spacial score (nSPS) is 19.1. The molecule has 0 bridgehead atoms. The van der Waals surface area contributed by atoms with Crippen molar-refractivity contribution in [2.75, 3.05) is 0 Å². The Labute approximate surface area is 194 Å². The predicted octanol–water partition coefficient (Wildman–Crippen LogP) is 9.20. The summed E-state index contributed by atoms with van der Waals surface area (Å²) in [6.45, 7) is 29.1. The predicted molar refractivity (Wildman–Crippen MR) is 127 cm³/mol. The molecule has 0 amide bonds. The molecule has 0 spiro atoms. The van der Waals surface area contributed by atoms with E-state index < -0.39 is 23.2 Å². The Morgan fingerprint density at radius 3 is 1.24 bits per heavy atom.